The quantitative estimate of drug-likeness (QED) is 0.900. The maximum absolute atomic E-state index is 13.7. The van der Waals surface area contributed by atoms with Crippen LogP contribution in [0.2, 0.25) is 0 Å². The molecule has 2 aliphatic heterocycles. The molecule has 4 heteroatoms. The fourth-order valence-corrected chi connectivity index (χ4v) is 3.36. The van der Waals surface area contributed by atoms with Gasteiger partial charge in [0.25, 0.3) is 5.91 Å². The van der Waals surface area contributed by atoms with Crippen LogP contribution in [-0.2, 0) is 6.54 Å². The molecule has 1 aromatic carbocycles. The molecule has 2 aliphatic rings. The van der Waals surface area contributed by atoms with E-state index in [-0.39, 0.29) is 11.7 Å². The number of hydrogen-bond acceptors (Lipinski definition) is 2. The van der Waals surface area contributed by atoms with Crippen molar-refractivity contribution in [2.75, 3.05) is 18.0 Å². The zero-order valence-electron chi connectivity index (χ0n) is 12.1. The van der Waals surface area contributed by atoms with Crippen LogP contribution >= 0.6 is 0 Å². The fraction of sp³-hybridized carbons (Fsp3) is 0.562. The maximum Gasteiger partial charge on any atom is 0.252 e. The molecule has 1 fully saturated rings. The zero-order valence-corrected chi connectivity index (χ0v) is 12.1. The molecule has 0 radical (unpaired) electrons. The van der Waals surface area contributed by atoms with Gasteiger partial charge in [-0.15, -0.1) is 0 Å². The first-order chi connectivity index (χ1) is 9.56. The SMILES string of the molecule is CC(C)C1CCN(c2cc(F)cc3c2CNC3=O)CC1. The highest BCUT2D eigenvalue weighted by atomic mass is 19.1. The summed E-state index contributed by atoms with van der Waals surface area (Å²) in [6.45, 7) is 6.96. The van der Waals surface area contributed by atoms with E-state index in [1.54, 1.807) is 6.07 Å². The number of rotatable bonds is 2. The highest BCUT2D eigenvalue weighted by molar-refractivity contribution is 6.00. The van der Waals surface area contributed by atoms with Gasteiger partial charge in [0.2, 0.25) is 0 Å². The minimum Gasteiger partial charge on any atom is -0.371 e. The van der Waals surface area contributed by atoms with Crippen LogP contribution in [0.5, 0.6) is 0 Å². The molecular weight excluding hydrogens is 255 g/mol. The Balaban J connectivity index is 1.85. The largest absolute Gasteiger partial charge is 0.371 e. The fourth-order valence-electron chi connectivity index (χ4n) is 3.36. The maximum atomic E-state index is 13.7. The Labute approximate surface area is 119 Å². The molecule has 0 aliphatic carbocycles. The zero-order chi connectivity index (χ0) is 14.3. The number of fused-ring (bicyclic) bond motifs is 1. The number of anilines is 1. The molecular formula is C16H21FN2O. The number of hydrogen-bond donors (Lipinski definition) is 1. The molecule has 1 N–H and O–H groups in total. The predicted molar refractivity (Wildman–Crippen MR) is 77.3 cm³/mol. The highest BCUT2D eigenvalue weighted by Gasteiger charge is 2.28. The molecule has 1 aromatic rings. The van der Waals surface area contributed by atoms with E-state index < -0.39 is 0 Å². The molecule has 3 rings (SSSR count). The number of carbonyl (C=O) groups excluding carboxylic acids is 1. The van der Waals surface area contributed by atoms with Gasteiger partial charge in [-0.25, -0.2) is 4.39 Å². The molecule has 0 bridgehead atoms. The molecule has 20 heavy (non-hydrogen) atoms. The monoisotopic (exact) mass is 276 g/mol. The van der Waals surface area contributed by atoms with Gasteiger partial charge < -0.3 is 10.2 Å². The lowest BCUT2D eigenvalue weighted by Gasteiger charge is -2.36. The Kier molecular flexibility index (Phi) is 3.40. The molecule has 3 nitrogen and oxygen atoms in total. The molecule has 1 amide bonds. The van der Waals surface area contributed by atoms with Crippen molar-refractivity contribution in [3.8, 4) is 0 Å². The first kappa shape index (κ1) is 13.4. The molecule has 0 spiro atoms. The van der Waals surface area contributed by atoms with E-state index >= 15 is 0 Å². The summed E-state index contributed by atoms with van der Waals surface area (Å²) in [4.78, 5) is 13.9. The Morgan fingerprint density at radius 2 is 2.00 bits per heavy atom. The van der Waals surface area contributed by atoms with Gasteiger partial charge >= 0.3 is 0 Å². The van der Waals surface area contributed by atoms with Crippen molar-refractivity contribution in [3.05, 3.63) is 29.1 Å². The Hall–Kier alpha value is -1.58. The number of benzene rings is 1. The van der Waals surface area contributed by atoms with Crippen molar-refractivity contribution >= 4 is 11.6 Å². The molecule has 0 atom stereocenters. The van der Waals surface area contributed by atoms with Crippen LogP contribution in [-0.4, -0.2) is 19.0 Å². The standard InChI is InChI=1S/C16H21FN2O/c1-10(2)11-3-5-19(6-4-11)15-8-12(17)7-13-14(15)9-18-16(13)20/h7-8,10-11H,3-6,9H2,1-2H3,(H,18,20). The second kappa shape index (κ2) is 5.08. The van der Waals surface area contributed by atoms with Crippen LogP contribution < -0.4 is 10.2 Å². The van der Waals surface area contributed by atoms with Gasteiger partial charge in [-0.05, 0) is 36.8 Å². The van der Waals surface area contributed by atoms with Crippen molar-refractivity contribution in [3.63, 3.8) is 0 Å². The summed E-state index contributed by atoms with van der Waals surface area (Å²) in [5.74, 6) is 0.992. The van der Waals surface area contributed by atoms with E-state index in [1.165, 1.54) is 6.07 Å². The third-order valence-corrected chi connectivity index (χ3v) is 4.68. The molecule has 0 unspecified atom stereocenters. The minimum atomic E-state index is -0.318. The second-order valence-electron chi connectivity index (χ2n) is 6.20. The number of carbonyl (C=O) groups is 1. The summed E-state index contributed by atoms with van der Waals surface area (Å²) in [5, 5.41) is 2.79. The van der Waals surface area contributed by atoms with Crippen LogP contribution in [0.4, 0.5) is 10.1 Å². The van der Waals surface area contributed by atoms with Gasteiger partial charge in [-0.1, -0.05) is 13.8 Å². The van der Waals surface area contributed by atoms with Crippen molar-refractivity contribution in [1.29, 1.82) is 0 Å². The Bertz CT molecular complexity index is 534. The van der Waals surface area contributed by atoms with Crippen molar-refractivity contribution in [2.45, 2.75) is 33.2 Å². The molecule has 0 saturated carbocycles. The van der Waals surface area contributed by atoms with Crippen LogP contribution in [0.3, 0.4) is 0 Å². The van der Waals surface area contributed by atoms with E-state index in [0.717, 1.165) is 43.1 Å². The van der Waals surface area contributed by atoms with Gasteiger partial charge in [-0.2, -0.15) is 0 Å². The number of piperidine rings is 1. The van der Waals surface area contributed by atoms with Crippen LogP contribution in [0.1, 0.15) is 42.6 Å². The summed E-state index contributed by atoms with van der Waals surface area (Å²) in [7, 11) is 0. The molecule has 1 saturated heterocycles. The average Bonchev–Trinajstić information content (AvgIpc) is 2.80. The lowest BCUT2D eigenvalue weighted by molar-refractivity contribution is 0.0965. The van der Waals surface area contributed by atoms with E-state index in [9.17, 15) is 9.18 Å². The number of nitrogens with zero attached hydrogens (tertiary/aromatic N) is 1. The third kappa shape index (κ3) is 2.28. The van der Waals surface area contributed by atoms with E-state index in [2.05, 4.69) is 24.1 Å². The first-order valence-electron chi connectivity index (χ1n) is 7.42. The molecule has 2 heterocycles. The summed E-state index contributed by atoms with van der Waals surface area (Å²) in [5.41, 5.74) is 2.37. The van der Waals surface area contributed by atoms with Crippen molar-refractivity contribution in [2.24, 2.45) is 11.8 Å². The van der Waals surface area contributed by atoms with Gasteiger partial charge in [0.1, 0.15) is 5.82 Å². The van der Waals surface area contributed by atoms with E-state index in [4.69, 9.17) is 0 Å². The van der Waals surface area contributed by atoms with E-state index in [1.807, 2.05) is 0 Å². The summed E-state index contributed by atoms with van der Waals surface area (Å²) >= 11 is 0. The minimum absolute atomic E-state index is 0.155. The summed E-state index contributed by atoms with van der Waals surface area (Å²) in [6, 6.07) is 2.93. The first-order valence-corrected chi connectivity index (χ1v) is 7.42. The summed E-state index contributed by atoms with van der Waals surface area (Å²) < 4.78 is 13.7. The third-order valence-electron chi connectivity index (χ3n) is 4.68. The second-order valence-corrected chi connectivity index (χ2v) is 6.20. The van der Waals surface area contributed by atoms with Crippen molar-refractivity contribution in [1.82, 2.24) is 5.32 Å². The van der Waals surface area contributed by atoms with Crippen LogP contribution in [0, 0.1) is 17.7 Å². The van der Waals surface area contributed by atoms with Crippen molar-refractivity contribution < 1.29 is 9.18 Å². The van der Waals surface area contributed by atoms with Gasteiger partial charge in [0.05, 0.1) is 0 Å². The number of halogens is 1. The number of nitrogens with one attached hydrogen (secondary N) is 1. The predicted octanol–water partition coefficient (Wildman–Crippen LogP) is 2.94. The number of amides is 1. The smallest absolute Gasteiger partial charge is 0.252 e. The average molecular weight is 276 g/mol. The Morgan fingerprint density at radius 1 is 1.30 bits per heavy atom. The molecule has 108 valence electrons. The van der Waals surface area contributed by atoms with Gasteiger partial charge in [-0.3, -0.25) is 4.79 Å². The lowest BCUT2D eigenvalue weighted by atomic mass is 9.86. The topological polar surface area (TPSA) is 32.3 Å². The van der Waals surface area contributed by atoms with E-state index in [0.29, 0.717) is 18.0 Å². The normalized spacial score (nSPS) is 19.4. The summed E-state index contributed by atoms with van der Waals surface area (Å²) in [6.07, 6.45) is 2.29. The van der Waals surface area contributed by atoms with Crippen LogP contribution in [0.15, 0.2) is 12.1 Å². The lowest BCUT2D eigenvalue weighted by Crippen LogP contribution is -2.35. The molecule has 0 aromatic heterocycles. The Morgan fingerprint density at radius 3 is 2.65 bits per heavy atom. The van der Waals surface area contributed by atoms with Gasteiger partial charge in [0.15, 0.2) is 0 Å². The van der Waals surface area contributed by atoms with Gasteiger partial charge in [0, 0.05) is 36.4 Å². The van der Waals surface area contributed by atoms with Crippen LogP contribution in [0.25, 0.3) is 0 Å². The highest BCUT2D eigenvalue weighted by Crippen LogP contribution is 2.33.